The van der Waals surface area contributed by atoms with E-state index in [2.05, 4.69) is 10.6 Å². The van der Waals surface area contributed by atoms with Gasteiger partial charge in [0.05, 0.1) is 6.04 Å². The van der Waals surface area contributed by atoms with Gasteiger partial charge in [0.25, 0.3) is 0 Å². The van der Waals surface area contributed by atoms with E-state index >= 15 is 0 Å². The lowest BCUT2D eigenvalue weighted by atomic mass is 10.0. The number of esters is 1. The van der Waals surface area contributed by atoms with Crippen molar-refractivity contribution in [1.29, 1.82) is 0 Å². The molecule has 1 saturated heterocycles. The number of cyclic esters (lactones) is 1. The van der Waals surface area contributed by atoms with Gasteiger partial charge in [0.1, 0.15) is 24.5 Å². The molecule has 5 nitrogen and oxygen atoms in total. The highest BCUT2D eigenvalue weighted by atomic mass is 19.1. The lowest BCUT2D eigenvalue weighted by Crippen LogP contribution is -2.58. The number of hydrogen-bond donors (Lipinski definition) is 2. The van der Waals surface area contributed by atoms with Crippen LogP contribution >= 0.6 is 0 Å². The highest BCUT2D eigenvalue weighted by molar-refractivity contribution is 5.86. The molecule has 0 unspecified atom stereocenters. The highest BCUT2D eigenvalue weighted by Crippen LogP contribution is 2.14. The minimum atomic E-state index is -0.642. The van der Waals surface area contributed by atoms with Gasteiger partial charge in [0.15, 0.2) is 0 Å². The Morgan fingerprint density at radius 3 is 2.62 bits per heavy atom. The standard InChI is InChI=1S/C20H21FN2O3/c1-13(15-5-3-2-4-6-15)22-19(24)18-12-26-20(25)17(23-18)11-14-7-9-16(21)10-8-14/h2-10,13,17-18,23H,11-12H2,1H3,(H,22,24)/t13-,17-,18-/m0/s1. The number of amides is 1. The highest BCUT2D eigenvalue weighted by Gasteiger charge is 2.34. The smallest absolute Gasteiger partial charge is 0.323 e. The first-order valence-corrected chi connectivity index (χ1v) is 8.55. The Morgan fingerprint density at radius 1 is 1.23 bits per heavy atom. The monoisotopic (exact) mass is 356 g/mol. The molecule has 3 atom stereocenters. The van der Waals surface area contributed by atoms with E-state index in [0.717, 1.165) is 11.1 Å². The van der Waals surface area contributed by atoms with E-state index in [1.165, 1.54) is 12.1 Å². The first-order valence-electron chi connectivity index (χ1n) is 8.55. The van der Waals surface area contributed by atoms with Gasteiger partial charge in [-0.1, -0.05) is 42.5 Å². The maximum Gasteiger partial charge on any atom is 0.323 e. The Morgan fingerprint density at radius 2 is 1.92 bits per heavy atom. The molecule has 0 bridgehead atoms. The molecule has 2 aromatic rings. The second-order valence-corrected chi connectivity index (χ2v) is 6.37. The molecule has 0 aromatic heterocycles. The second kappa shape index (κ2) is 8.10. The lowest BCUT2D eigenvalue weighted by Gasteiger charge is -2.30. The predicted molar refractivity (Wildman–Crippen MR) is 94.8 cm³/mol. The van der Waals surface area contributed by atoms with Gasteiger partial charge in [-0.2, -0.15) is 0 Å². The third kappa shape index (κ3) is 4.46. The summed E-state index contributed by atoms with van der Waals surface area (Å²) in [5, 5.41) is 5.97. The molecule has 1 aliphatic heterocycles. The number of hydrogen-bond acceptors (Lipinski definition) is 4. The van der Waals surface area contributed by atoms with E-state index in [-0.39, 0.29) is 24.4 Å². The van der Waals surface area contributed by atoms with Crippen molar-refractivity contribution in [2.75, 3.05) is 6.61 Å². The third-order valence-electron chi connectivity index (χ3n) is 4.41. The molecule has 2 aromatic carbocycles. The van der Waals surface area contributed by atoms with Crippen LogP contribution < -0.4 is 10.6 Å². The number of nitrogens with one attached hydrogen (secondary N) is 2. The predicted octanol–water partition coefficient (Wildman–Crippen LogP) is 2.13. The number of halogens is 1. The van der Waals surface area contributed by atoms with E-state index in [1.54, 1.807) is 12.1 Å². The van der Waals surface area contributed by atoms with Crippen molar-refractivity contribution in [3.8, 4) is 0 Å². The summed E-state index contributed by atoms with van der Waals surface area (Å²) in [4.78, 5) is 24.5. The summed E-state index contributed by atoms with van der Waals surface area (Å²) in [7, 11) is 0. The van der Waals surface area contributed by atoms with Crippen LogP contribution in [0.1, 0.15) is 24.1 Å². The third-order valence-corrected chi connectivity index (χ3v) is 4.41. The zero-order valence-electron chi connectivity index (χ0n) is 14.4. The number of morpholine rings is 1. The molecule has 1 fully saturated rings. The quantitative estimate of drug-likeness (QED) is 0.806. The Labute approximate surface area is 151 Å². The van der Waals surface area contributed by atoms with Gasteiger partial charge >= 0.3 is 5.97 Å². The molecule has 6 heteroatoms. The SMILES string of the molecule is C[C@H](NC(=O)[C@@H]1COC(=O)[C@H](Cc2ccc(F)cc2)N1)c1ccccc1. The molecule has 0 spiro atoms. The largest absolute Gasteiger partial charge is 0.462 e. The molecule has 136 valence electrons. The van der Waals surface area contributed by atoms with E-state index in [9.17, 15) is 14.0 Å². The summed E-state index contributed by atoms with van der Waals surface area (Å²) in [5.41, 5.74) is 1.79. The number of benzene rings is 2. The van der Waals surface area contributed by atoms with Crippen molar-refractivity contribution in [2.45, 2.75) is 31.5 Å². The Bertz CT molecular complexity index is 764. The molecule has 2 N–H and O–H groups in total. The Hall–Kier alpha value is -2.73. The van der Waals surface area contributed by atoms with Crippen molar-refractivity contribution >= 4 is 11.9 Å². The molecule has 1 aliphatic rings. The molecule has 3 rings (SSSR count). The van der Waals surface area contributed by atoms with Gasteiger partial charge in [-0.3, -0.25) is 14.9 Å². The summed E-state index contributed by atoms with van der Waals surface area (Å²) in [6.07, 6.45) is 0.330. The number of rotatable bonds is 5. The normalized spacial score (nSPS) is 20.9. The summed E-state index contributed by atoms with van der Waals surface area (Å²) < 4.78 is 18.2. The first-order chi connectivity index (χ1) is 12.5. The van der Waals surface area contributed by atoms with Crippen LogP contribution in [-0.4, -0.2) is 30.6 Å². The molecule has 0 radical (unpaired) electrons. The van der Waals surface area contributed by atoms with Crippen LogP contribution in [0.15, 0.2) is 54.6 Å². The molecule has 1 heterocycles. The molecule has 1 amide bonds. The number of ether oxygens (including phenoxy) is 1. The molecular formula is C20H21FN2O3. The summed E-state index contributed by atoms with van der Waals surface area (Å²) in [6, 6.07) is 14.1. The topological polar surface area (TPSA) is 67.4 Å². The van der Waals surface area contributed by atoms with Crippen molar-refractivity contribution < 1.29 is 18.7 Å². The average molecular weight is 356 g/mol. The van der Waals surface area contributed by atoms with Crippen LogP contribution in [0.2, 0.25) is 0 Å². The summed E-state index contributed by atoms with van der Waals surface area (Å²) >= 11 is 0. The Kier molecular flexibility index (Phi) is 5.63. The fourth-order valence-electron chi connectivity index (χ4n) is 2.91. The molecular weight excluding hydrogens is 335 g/mol. The first kappa shape index (κ1) is 18.1. The van der Waals surface area contributed by atoms with Crippen LogP contribution in [0.3, 0.4) is 0 Å². The van der Waals surface area contributed by atoms with Gasteiger partial charge in [-0.15, -0.1) is 0 Å². The minimum absolute atomic E-state index is 0.00784. The van der Waals surface area contributed by atoms with Crippen LogP contribution in [0.4, 0.5) is 4.39 Å². The van der Waals surface area contributed by atoms with Gasteiger partial charge in [-0.25, -0.2) is 4.39 Å². The minimum Gasteiger partial charge on any atom is -0.462 e. The van der Waals surface area contributed by atoms with E-state index in [4.69, 9.17) is 4.74 Å². The Balaban J connectivity index is 1.60. The number of carbonyl (C=O) groups excluding carboxylic acids is 2. The average Bonchev–Trinajstić information content (AvgIpc) is 2.66. The fraction of sp³-hybridized carbons (Fsp3) is 0.300. The lowest BCUT2D eigenvalue weighted by molar-refractivity contribution is -0.153. The number of carbonyl (C=O) groups is 2. The van der Waals surface area contributed by atoms with Crippen molar-refractivity contribution in [3.63, 3.8) is 0 Å². The van der Waals surface area contributed by atoms with E-state index < -0.39 is 18.1 Å². The van der Waals surface area contributed by atoms with Gasteiger partial charge in [0, 0.05) is 0 Å². The van der Waals surface area contributed by atoms with Crippen molar-refractivity contribution in [3.05, 3.63) is 71.5 Å². The van der Waals surface area contributed by atoms with E-state index in [0.29, 0.717) is 6.42 Å². The van der Waals surface area contributed by atoms with Gasteiger partial charge < -0.3 is 10.1 Å². The zero-order valence-corrected chi connectivity index (χ0v) is 14.4. The van der Waals surface area contributed by atoms with Crippen LogP contribution in [-0.2, 0) is 20.7 Å². The molecule has 0 aliphatic carbocycles. The van der Waals surface area contributed by atoms with E-state index in [1.807, 2.05) is 37.3 Å². The van der Waals surface area contributed by atoms with Crippen molar-refractivity contribution in [1.82, 2.24) is 10.6 Å². The van der Waals surface area contributed by atoms with Crippen molar-refractivity contribution in [2.24, 2.45) is 0 Å². The summed E-state index contributed by atoms with van der Waals surface area (Å²) in [6.45, 7) is 1.89. The summed E-state index contributed by atoms with van der Waals surface area (Å²) in [5.74, 6) is -0.965. The zero-order chi connectivity index (χ0) is 18.5. The van der Waals surface area contributed by atoms with Gasteiger partial charge in [-0.05, 0) is 36.6 Å². The second-order valence-electron chi connectivity index (χ2n) is 6.37. The van der Waals surface area contributed by atoms with Crippen LogP contribution in [0, 0.1) is 5.82 Å². The maximum atomic E-state index is 13.0. The van der Waals surface area contributed by atoms with Gasteiger partial charge in [0.2, 0.25) is 5.91 Å². The molecule has 26 heavy (non-hydrogen) atoms. The van der Waals surface area contributed by atoms with Crippen LogP contribution in [0.25, 0.3) is 0 Å². The van der Waals surface area contributed by atoms with Crippen LogP contribution in [0.5, 0.6) is 0 Å². The molecule has 0 saturated carbocycles. The fourth-order valence-corrected chi connectivity index (χ4v) is 2.91. The maximum absolute atomic E-state index is 13.0.